The maximum absolute atomic E-state index is 8.49. The van der Waals surface area contributed by atoms with Gasteiger partial charge in [-0.05, 0) is 0 Å². The second-order valence-corrected chi connectivity index (χ2v) is 7.44. The Morgan fingerprint density at radius 2 is 1.18 bits per heavy atom. The molecule has 0 spiro atoms. The van der Waals surface area contributed by atoms with Gasteiger partial charge in [-0.15, -0.1) is 10.2 Å². The summed E-state index contributed by atoms with van der Waals surface area (Å²) in [6.45, 7) is 11.3. The Bertz CT molecular complexity index is 233. The number of aliphatic hydroxyl groups is 1. The Morgan fingerprint density at radius 1 is 0.893 bits per heavy atom. The van der Waals surface area contributed by atoms with Gasteiger partial charge in [0.1, 0.15) is 6.61 Å². The van der Waals surface area contributed by atoms with Gasteiger partial charge in [0.15, 0.2) is 0 Å². The van der Waals surface area contributed by atoms with E-state index in [-0.39, 0.29) is 32.8 Å². The molecule has 7 heteroatoms. The predicted octanol–water partition coefficient (Wildman–Crippen LogP) is 2.30. The molecule has 0 atom stereocenters. The molecule has 0 aliphatic heterocycles. The number of halogens is 1. The SMILES string of the molecule is C1CCCC1.C1CCCC1.C=C[C+](C)CO.[CH2-]CCCCC.[O-][Cl+3]([O-])([O-])[O-].[Zr]. The fourth-order valence-electron chi connectivity index (χ4n) is 2.26. The zero-order valence-corrected chi connectivity index (χ0v) is 21.3. The van der Waals surface area contributed by atoms with Crippen molar-refractivity contribution in [3.05, 3.63) is 25.5 Å². The van der Waals surface area contributed by atoms with Gasteiger partial charge in [0.25, 0.3) is 0 Å². The normalized spacial score (nSPS) is 14.3. The van der Waals surface area contributed by atoms with Gasteiger partial charge in [-0.1, -0.05) is 90.4 Å². The molecule has 2 aliphatic rings. The molecule has 0 radical (unpaired) electrons. The van der Waals surface area contributed by atoms with E-state index in [0.29, 0.717) is 0 Å². The average Bonchev–Trinajstić information content (AvgIpc) is 3.36. The number of rotatable bonds is 5. The van der Waals surface area contributed by atoms with Crippen molar-refractivity contribution < 1.29 is 60.2 Å². The van der Waals surface area contributed by atoms with Crippen molar-refractivity contribution in [1.82, 2.24) is 0 Å². The van der Waals surface area contributed by atoms with Crippen LogP contribution in [0.1, 0.15) is 104 Å². The van der Waals surface area contributed by atoms with Crippen LogP contribution in [0, 0.1) is 23.1 Å². The predicted molar refractivity (Wildman–Crippen MR) is 102 cm³/mol. The molecule has 0 aromatic heterocycles. The minimum absolute atomic E-state index is 0. The van der Waals surface area contributed by atoms with Crippen molar-refractivity contribution in [3.63, 3.8) is 0 Å². The summed E-state index contributed by atoms with van der Waals surface area (Å²) in [5, 5.41) is 8.23. The van der Waals surface area contributed by atoms with Crippen molar-refractivity contribution >= 4 is 0 Å². The third-order valence-corrected chi connectivity index (χ3v) is 3.95. The summed E-state index contributed by atoms with van der Waals surface area (Å²) in [5.74, 6) is 0.912. The molecule has 0 bridgehead atoms. The van der Waals surface area contributed by atoms with E-state index in [1.165, 1.54) is 83.5 Å². The van der Waals surface area contributed by atoms with Crippen molar-refractivity contribution in [2.24, 2.45) is 0 Å². The van der Waals surface area contributed by atoms with Crippen LogP contribution in [-0.4, -0.2) is 11.7 Å². The Morgan fingerprint density at radius 3 is 1.25 bits per heavy atom. The minimum atomic E-state index is -4.94. The Balaban J connectivity index is -0.000000128. The molecular weight excluding hydrogens is 459 g/mol. The van der Waals surface area contributed by atoms with Crippen molar-refractivity contribution in [2.75, 3.05) is 6.61 Å². The number of hydrogen-bond acceptors (Lipinski definition) is 5. The second kappa shape index (κ2) is 29.8. The van der Waals surface area contributed by atoms with Crippen LogP contribution in [-0.2, 0) is 26.2 Å². The molecule has 0 saturated heterocycles. The van der Waals surface area contributed by atoms with Crippen LogP contribution in [0.15, 0.2) is 12.7 Å². The van der Waals surface area contributed by atoms with Crippen LogP contribution in [0.2, 0.25) is 0 Å². The Kier molecular flexibility index (Phi) is 38.3. The zero-order valence-electron chi connectivity index (χ0n) is 18.1. The van der Waals surface area contributed by atoms with E-state index in [0.717, 1.165) is 12.3 Å². The molecule has 1 N–H and O–H groups in total. The molecule has 0 aromatic rings. The standard InChI is InChI=1S/C6H13.C5H9O.2C5H10.ClHO4.Zr/c1-3-5-6-4-2;1-3-5(2)4-6;2*1-2-4-5-3-1;2-1(3,4)5;/h1,3-6H2,2H3;3,6H,1,4H2,2H3;2*1-5H2;(H,2,3,4,5);/q-1;+1;;;;/p-1. The molecule has 0 aromatic carbocycles. The third kappa shape index (κ3) is 56.3. The summed E-state index contributed by atoms with van der Waals surface area (Å²) >= 11 is 0. The zero-order chi connectivity index (χ0) is 21.4. The van der Waals surface area contributed by atoms with E-state index >= 15 is 0 Å². The van der Waals surface area contributed by atoms with Crippen LogP contribution < -0.4 is 18.6 Å². The van der Waals surface area contributed by atoms with Crippen LogP contribution in [0.4, 0.5) is 0 Å². The maximum Gasteiger partial charge on any atom is 0.130 e. The maximum atomic E-state index is 8.49. The largest absolute Gasteiger partial charge is 0.373 e. The molecular formula is C21H42ClO5Zr-. The van der Waals surface area contributed by atoms with E-state index in [1.54, 1.807) is 6.08 Å². The smallest absolute Gasteiger partial charge is 0.130 e. The summed E-state index contributed by atoms with van der Waals surface area (Å²) in [6, 6.07) is 0. The summed E-state index contributed by atoms with van der Waals surface area (Å²) in [7, 11) is -4.94. The van der Waals surface area contributed by atoms with Crippen molar-refractivity contribution in [2.45, 2.75) is 104 Å². The monoisotopic (exact) mass is 499 g/mol. The fraction of sp³-hybridized carbons (Fsp3) is 0.810. The summed E-state index contributed by atoms with van der Waals surface area (Å²) < 4.78 is 34.0. The van der Waals surface area contributed by atoms with Gasteiger partial charge in [0.05, 0.1) is 12.0 Å². The number of hydrogen-bond donors (Lipinski definition) is 1. The molecule has 0 unspecified atom stereocenters. The average molecular weight is 501 g/mol. The van der Waals surface area contributed by atoms with Gasteiger partial charge >= 0.3 is 0 Å². The molecule has 2 aliphatic carbocycles. The Hall–Kier alpha value is 0.583. The number of aliphatic hydroxyl groups excluding tert-OH is 1. The molecule has 2 rings (SSSR count). The van der Waals surface area contributed by atoms with E-state index in [9.17, 15) is 0 Å². The van der Waals surface area contributed by atoms with Crippen LogP contribution in [0.3, 0.4) is 0 Å². The molecule has 28 heavy (non-hydrogen) atoms. The van der Waals surface area contributed by atoms with Crippen LogP contribution >= 0.6 is 0 Å². The molecule has 2 saturated carbocycles. The van der Waals surface area contributed by atoms with Gasteiger partial charge in [-0.3, -0.25) is 0 Å². The van der Waals surface area contributed by atoms with Crippen LogP contribution in [0.5, 0.6) is 0 Å². The summed E-state index contributed by atoms with van der Waals surface area (Å²) in [5.41, 5.74) is 0. The van der Waals surface area contributed by atoms with E-state index in [1.807, 2.05) is 6.92 Å². The minimum Gasteiger partial charge on any atom is -0.373 e. The molecule has 168 valence electrons. The van der Waals surface area contributed by atoms with Crippen LogP contribution in [0.25, 0.3) is 0 Å². The summed E-state index contributed by atoms with van der Waals surface area (Å²) in [4.78, 5) is 0. The summed E-state index contributed by atoms with van der Waals surface area (Å²) in [6.07, 6.45) is 21.7. The Labute approximate surface area is 195 Å². The first-order valence-corrected chi connectivity index (χ1v) is 11.4. The van der Waals surface area contributed by atoms with Gasteiger partial charge in [0, 0.05) is 39.7 Å². The second-order valence-electron chi connectivity index (χ2n) is 6.68. The van der Waals surface area contributed by atoms with Gasteiger partial charge in [0.2, 0.25) is 0 Å². The quantitative estimate of drug-likeness (QED) is 0.459. The third-order valence-electron chi connectivity index (χ3n) is 3.95. The topological polar surface area (TPSA) is 112 Å². The molecule has 5 nitrogen and oxygen atoms in total. The van der Waals surface area contributed by atoms with Gasteiger partial charge < -0.3 is 12.0 Å². The van der Waals surface area contributed by atoms with E-state index in [2.05, 4.69) is 20.4 Å². The number of unbranched alkanes of at least 4 members (excludes halogenated alkanes) is 3. The molecule has 0 amide bonds. The van der Waals surface area contributed by atoms with E-state index < -0.39 is 10.2 Å². The molecule has 2 fully saturated rings. The van der Waals surface area contributed by atoms with E-state index in [4.69, 9.17) is 23.7 Å². The fourth-order valence-corrected chi connectivity index (χ4v) is 2.26. The first-order valence-electron chi connectivity index (χ1n) is 10.2. The first kappa shape index (κ1) is 36.0. The van der Waals surface area contributed by atoms with Gasteiger partial charge in [-0.2, -0.15) is 6.42 Å². The molecule has 0 heterocycles. The first-order chi connectivity index (χ1) is 12.7. The van der Waals surface area contributed by atoms with Gasteiger partial charge in [-0.25, -0.2) is 18.6 Å². The van der Waals surface area contributed by atoms with Crippen molar-refractivity contribution in [3.8, 4) is 0 Å². The van der Waals surface area contributed by atoms with Crippen molar-refractivity contribution in [1.29, 1.82) is 0 Å².